The second-order valence-corrected chi connectivity index (χ2v) is 9.59. The van der Waals surface area contributed by atoms with Crippen molar-refractivity contribution in [1.29, 1.82) is 0 Å². The number of methoxy groups -OCH3 is 5. The first-order valence-electron chi connectivity index (χ1n) is 11.9. The predicted octanol–water partition coefficient (Wildman–Crippen LogP) is 5.97. The fourth-order valence-corrected chi connectivity index (χ4v) is 4.49. The molecule has 0 saturated carbocycles. The van der Waals surface area contributed by atoms with Crippen molar-refractivity contribution < 1.29 is 28.5 Å². The molecule has 0 bridgehead atoms. The zero-order valence-electron chi connectivity index (χ0n) is 22.5. The van der Waals surface area contributed by atoms with Crippen LogP contribution in [0.25, 0.3) is 0 Å². The van der Waals surface area contributed by atoms with Crippen molar-refractivity contribution in [2.75, 3.05) is 35.5 Å². The molecule has 2 unspecified atom stereocenters. The maximum absolute atomic E-state index is 13.1. The lowest BCUT2D eigenvalue weighted by Crippen LogP contribution is -2.52. The molecule has 0 amide bonds. The number of ether oxygens (including phenoxy) is 5. The highest BCUT2D eigenvalue weighted by atomic mass is 16.7. The third-order valence-corrected chi connectivity index (χ3v) is 6.96. The number of rotatable bonds is 14. The highest BCUT2D eigenvalue weighted by Gasteiger charge is 2.54. The lowest BCUT2D eigenvalue weighted by atomic mass is 9.75. The molecule has 0 aromatic carbocycles. The molecule has 0 aromatic heterocycles. The van der Waals surface area contributed by atoms with Gasteiger partial charge in [-0.05, 0) is 66.2 Å². The first-order chi connectivity index (χ1) is 15.5. The molecule has 0 N–H and O–H groups in total. The van der Waals surface area contributed by atoms with Crippen LogP contribution in [0.2, 0.25) is 0 Å². The van der Waals surface area contributed by atoms with Crippen molar-refractivity contribution in [1.82, 2.24) is 0 Å². The average Bonchev–Trinajstić information content (AvgIpc) is 2.78. The van der Waals surface area contributed by atoms with Crippen LogP contribution in [-0.4, -0.2) is 52.7 Å². The van der Waals surface area contributed by atoms with Gasteiger partial charge in [0, 0.05) is 33.2 Å². The van der Waals surface area contributed by atoms with Gasteiger partial charge in [-0.3, -0.25) is 4.79 Å². The second kappa shape index (κ2) is 13.3. The molecule has 6 nitrogen and oxygen atoms in total. The summed E-state index contributed by atoms with van der Waals surface area (Å²) in [5.74, 6) is -1.33. The van der Waals surface area contributed by atoms with E-state index in [1.165, 1.54) is 25.4 Å². The quantitative estimate of drug-likeness (QED) is 0.232. The largest absolute Gasteiger partial charge is 0.492 e. The van der Waals surface area contributed by atoms with Gasteiger partial charge in [0.15, 0.2) is 0 Å². The van der Waals surface area contributed by atoms with E-state index in [1.807, 2.05) is 6.92 Å². The van der Waals surface area contributed by atoms with E-state index >= 15 is 0 Å². The minimum atomic E-state index is -1.16. The van der Waals surface area contributed by atoms with Gasteiger partial charge in [0.05, 0.1) is 19.8 Å². The summed E-state index contributed by atoms with van der Waals surface area (Å²) in [7, 11) is 7.87. The van der Waals surface area contributed by atoms with E-state index in [0.717, 1.165) is 32.1 Å². The van der Waals surface area contributed by atoms with E-state index in [4.69, 9.17) is 23.7 Å². The van der Waals surface area contributed by atoms with Crippen molar-refractivity contribution in [3.63, 3.8) is 0 Å². The lowest BCUT2D eigenvalue weighted by molar-refractivity contribution is -0.244. The van der Waals surface area contributed by atoms with E-state index in [-0.39, 0.29) is 29.0 Å². The van der Waals surface area contributed by atoms with Crippen molar-refractivity contribution in [2.45, 2.75) is 84.5 Å². The third-order valence-electron chi connectivity index (χ3n) is 6.96. The Morgan fingerprint density at radius 1 is 0.970 bits per heavy atom. The summed E-state index contributed by atoms with van der Waals surface area (Å²) in [4.78, 5) is 13.1. The summed E-state index contributed by atoms with van der Waals surface area (Å²) in [5, 5.41) is 0. The monoisotopic (exact) mass is 466 g/mol. The van der Waals surface area contributed by atoms with Gasteiger partial charge in [-0.2, -0.15) is 0 Å². The first-order valence-corrected chi connectivity index (χ1v) is 11.9. The van der Waals surface area contributed by atoms with Crippen LogP contribution >= 0.6 is 0 Å². The number of Topliss-reactive ketones (excluding diaryl/α,β-unsaturated/α-hetero) is 1. The molecule has 1 aliphatic rings. The standard InChI is InChI=1S/C27H46O6/c1-19(15-12-18-26(4,5)31-8)13-11-14-20(2)16-17-22-21(3)27(32-9,33-10)25(30-7)24(29-6)23(22)28/h13,16,21-22H,11-12,14-15,17-18H2,1-10H3/b19-13+,20-16+. The van der Waals surface area contributed by atoms with Crippen LogP contribution in [0.15, 0.2) is 34.8 Å². The molecule has 1 rings (SSSR count). The Hall–Kier alpha value is -1.63. The average molecular weight is 467 g/mol. The predicted molar refractivity (Wildman–Crippen MR) is 132 cm³/mol. The van der Waals surface area contributed by atoms with Crippen LogP contribution in [0.4, 0.5) is 0 Å². The minimum absolute atomic E-state index is 0.0571. The molecule has 0 aliphatic heterocycles. The lowest BCUT2D eigenvalue weighted by Gasteiger charge is -2.43. The van der Waals surface area contributed by atoms with Gasteiger partial charge < -0.3 is 23.7 Å². The summed E-state index contributed by atoms with van der Waals surface area (Å²) in [6.45, 7) is 10.5. The Bertz CT molecular complexity index is 727. The van der Waals surface area contributed by atoms with Crippen LogP contribution in [0.1, 0.15) is 73.1 Å². The minimum Gasteiger partial charge on any atom is -0.492 e. The molecule has 1 aliphatic carbocycles. The Labute approximate surface area is 201 Å². The summed E-state index contributed by atoms with van der Waals surface area (Å²) in [6, 6.07) is 0. The van der Waals surface area contributed by atoms with Crippen molar-refractivity contribution in [3.05, 3.63) is 34.8 Å². The van der Waals surface area contributed by atoms with Gasteiger partial charge in [0.25, 0.3) is 0 Å². The number of allylic oxidation sites excluding steroid dienone is 5. The molecule has 0 fully saturated rings. The van der Waals surface area contributed by atoms with Crippen molar-refractivity contribution in [3.8, 4) is 0 Å². The normalized spacial score (nSPS) is 22.1. The molecule has 0 heterocycles. The highest BCUT2D eigenvalue weighted by molar-refractivity contribution is 5.97. The van der Waals surface area contributed by atoms with Crippen molar-refractivity contribution in [2.24, 2.45) is 11.8 Å². The molecule has 0 aromatic rings. The fraction of sp³-hybridized carbons (Fsp3) is 0.741. The molecule has 33 heavy (non-hydrogen) atoms. The number of hydrogen-bond donors (Lipinski definition) is 0. The summed E-state index contributed by atoms with van der Waals surface area (Å²) >= 11 is 0. The van der Waals surface area contributed by atoms with Crippen LogP contribution in [0.5, 0.6) is 0 Å². The highest BCUT2D eigenvalue weighted by Crippen LogP contribution is 2.44. The number of hydrogen-bond acceptors (Lipinski definition) is 6. The SMILES string of the molecule is COC1=C(OC)C(OC)(OC)C(C)C(C/C=C(\C)CC/C=C(\C)CCCC(C)(C)OC)C1=O. The Morgan fingerprint density at radius 2 is 1.58 bits per heavy atom. The molecule has 2 atom stereocenters. The zero-order valence-corrected chi connectivity index (χ0v) is 22.5. The molecular formula is C27H46O6. The van der Waals surface area contributed by atoms with Gasteiger partial charge in [-0.25, -0.2) is 0 Å². The van der Waals surface area contributed by atoms with Crippen LogP contribution in [-0.2, 0) is 28.5 Å². The summed E-state index contributed by atoms with van der Waals surface area (Å²) in [5.41, 5.74) is 2.62. The summed E-state index contributed by atoms with van der Waals surface area (Å²) < 4.78 is 27.9. The zero-order chi connectivity index (χ0) is 25.2. The van der Waals surface area contributed by atoms with Crippen molar-refractivity contribution >= 4 is 5.78 Å². The number of carbonyl (C=O) groups is 1. The Kier molecular flexibility index (Phi) is 11.9. The van der Waals surface area contributed by atoms with E-state index < -0.39 is 5.79 Å². The fourth-order valence-electron chi connectivity index (χ4n) is 4.49. The van der Waals surface area contributed by atoms with E-state index in [2.05, 4.69) is 39.8 Å². The third kappa shape index (κ3) is 7.43. The van der Waals surface area contributed by atoms with Gasteiger partial charge in [-0.15, -0.1) is 0 Å². The molecular weight excluding hydrogens is 420 g/mol. The Morgan fingerprint density at radius 3 is 2.09 bits per heavy atom. The smallest absolute Gasteiger partial charge is 0.234 e. The second-order valence-electron chi connectivity index (χ2n) is 9.59. The van der Waals surface area contributed by atoms with Crippen LogP contribution < -0.4 is 0 Å². The number of carbonyl (C=O) groups excluding carboxylic acids is 1. The molecule has 6 heteroatoms. The summed E-state index contributed by atoms with van der Waals surface area (Å²) in [6.07, 6.45) is 10.3. The first kappa shape index (κ1) is 29.4. The van der Waals surface area contributed by atoms with Gasteiger partial charge in [-0.1, -0.05) is 30.2 Å². The maximum Gasteiger partial charge on any atom is 0.234 e. The van der Waals surface area contributed by atoms with E-state index in [9.17, 15) is 4.79 Å². The van der Waals surface area contributed by atoms with Gasteiger partial charge >= 0.3 is 0 Å². The van der Waals surface area contributed by atoms with Gasteiger partial charge in [0.2, 0.25) is 23.1 Å². The molecule has 190 valence electrons. The van der Waals surface area contributed by atoms with Crippen LogP contribution in [0, 0.1) is 11.8 Å². The van der Waals surface area contributed by atoms with E-state index in [0.29, 0.717) is 12.2 Å². The van der Waals surface area contributed by atoms with Gasteiger partial charge in [0.1, 0.15) is 0 Å². The Balaban J connectivity index is 2.78. The van der Waals surface area contributed by atoms with E-state index in [1.54, 1.807) is 21.3 Å². The molecule has 0 spiro atoms. The molecule has 0 radical (unpaired) electrons. The topological polar surface area (TPSA) is 63.2 Å². The van der Waals surface area contributed by atoms with Crippen LogP contribution in [0.3, 0.4) is 0 Å². The maximum atomic E-state index is 13.1. The molecule has 0 saturated heterocycles. The number of ketones is 1.